The van der Waals surface area contributed by atoms with Crippen molar-refractivity contribution in [3.8, 4) is 11.5 Å². The Morgan fingerprint density at radius 1 is 0.838 bits per heavy atom. The molecular formula is C29H39NO6S. The first-order valence-corrected chi connectivity index (χ1v) is 13.2. The van der Waals surface area contributed by atoms with Crippen molar-refractivity contribution in [2.45, 2.75) is 82.6 Å². The molecule has 1 aromatic carbocycles. The molecule has 0 N–H and O–H groups in total. The van der Waals surface area contributed by atoms with Gasteiger partial charge in [-0.25, -0.2) is 4.98 Å². The summed E-state index contributed by atoms with van der Waals surface area (Å²) >= 11 is 1.40. The van der Waals surface area contributed by atoms with Crippen molar-refractivity contribution >= 4 is 41.1 Å². The van der Waals surface area contributed by atoms with E-state index in [0.29, 0.717) is 22.6 Å². The third kappa shape index (κ3) is 8.25. The van der Waals surface area contributed by atoms with Crippen molar-refractivity contribution in [2.24, 2.45) is 16.2 Å². The van der Waals surface area contributed by atoms with Crippen LogP contribution in [0.25, 0.3) is 11.8 Å². The van der Waals surface area contributed by atoms with Gasteiger partial charge in [0.25, 0.3) is 0 Å². The van der Waals surface area contributed by atoms with Crippen LogP contribution in [-0.4, -0.2) is 22.9 Å². The molecule has 0 unspecified atom stereocenters. The maximum absolute atomic E-state index is 13.0. The molecular weight excluding hydrogens is 490 g/mol. The Labute approximate surface area is 224 Å². The maximum Gasteiger partial charge on any atom is 0.316 e. The van der Waals surface area contributed by atoms with Gasteiger partial charge in [-0.05, 0) is 87.3 Å². The van der Waals surface area contributed by atoms with E-state index in [1.807, 2.05) is 19.2 Å². The van der Waals surface area contributed by atoms with Crippen molar-refractivity contribution in [2.75, 3.05) is 0 Å². The number of aromatic nitrogens is 1. The first-order valence-electron chi connectivity index (χ1n) is 12.3. The molecule has 0 amide bonds. The molecule has 202 valence electrons. The second kappa shape index (κ2) is 11.2. The lowest BCUT2D eigenvalue weighted by Crippen LogP contribution is -2.27. The summed E-state index contributed by atoms with van der Waals surface area (Å²) in [6.07, 6.45) is 2.18. The van der Waals surface area contributed by atoms with Gasteiger partial charge >= 0.3 is 17.9 Å². The SMILES string of the molecule is CCc1cc(/C(=C/c2nc(C)cs2)OC(=O)C(C)(C)C)c(OC(=O)C(C)(C)C)cc1OC(=O)C(C)(C)C. The Hall–Kier alpha value is -3.00. The summed E-state index contributed by atoms with van der Waals surface area (Å²) in [6, 6.07) is 3.26. The molecule has 2 aromatic rings. The third-order valence-electron chi connectivity index (χ3n) is 5.15. The van der Waals surface area contributed by atoms with E-state index in [0.717, 1.165) is 5.69 Å². The first-order chi connectivity index (χ1) is 16.8. The molecule has 7 nitrogen and oxygen atoms in total. The summed E-state index contributed by atoms with van der Waals surface area (Å²) in [4.78, 5) is 43.1. The minimum absolute atomic E-state index is 0.120. The number of hydrogen-bond donors (Lipinski definition) is 0. The number of thiazole rings is 1. The number of carbonyl (C=O) groups is 3. The van der Waals surface area contributed by atoms with Crippen LogP contribution < -0.4 is 9.47 Å². The molecule has 0 fully saturated rings. The molecule has 0 spiro atoms. The number of esters is 3. The van der Waals surface area contributed by atoms with Crippen LogP contribution in [0, 0.1) is 23.2 Å². The van der Waals surface area contributed by atoms with Crippen molar-refractivity contribution in [1.29, 1.82) is 0 Å². The quantitative estimate of drug-likeness (QED) is 0.226. The van der Waals surface area contributed by atoms with E-state index in [2.05, 4.69) is 4.98 Å². The Morgan fingerprint density at radius 2 is 1.35 bits per heavy atom. The van der Waals surface area contributed by atoms with Gasteiger partial charge in [0.2, 0.25) is 0 Å². The number of benzene rings is 1. The number of nitrogens with zero attached hydrogens (tertiary/aromatic N) is 1. The number of ether oxygens (including phenoxy) is 3. The summed E-state index contributed by atoms with van der Waals surface area (Å²) in [5.74, 6) is -0.769. The van der Waals surface area contributed by atoms with E-state index >= 15 is 0 Å². The van der Waals surface area contributed by atoms with Gasteiger partial charge in [-0.15, -0.1) is 11.3 Å². The van der Waals surface area contributed by atoms with Gasteiger partial charge in [0.05, 0.1) is 21.8 Å². The Kier molecular flexibility index (Phi) is 9.13. The highest BCUT2D eigenvalue weighted by atomic mass is 32.1. The summed E-state index contributed by atoms with van der Waals surface area (Å²) in [5, 5.41) is 2.52. The van der Waals surface area contributed by atoms with Crippen LogP contribution in [0.1, 0.15) is 91.1 Å². The molecule has 0 radical (unpaired) electrons. The van der Waals surface area contributed by atoms with E-state index in [9.17, 15) is 14.4 Å². The Bertz CT molecular complexity index is 1200. The summed E-state index contributed by atoms with van der Waals surface area (Å²) in [7, 11) is 0. The molecule has 0 saturated carbocycles. The van der Waals surface area contributed by atoms with Crippen LogP contribution in [-0.2, 0) is 25.5 Å². The first kappa shape index (κ1) is 30.2. The summed E-state index contributed by atoms with van der Waals surface area (Å²) < 4.78 is 17.4. The van der Waals surface area contributed by atoms with Gasteiger partial charge in [-0.2, -0.15) is 0 Å². The lowest BCUT2D eigenvalue weighted by Gasteiger charge is -2.23. The monoisotopic (exact) mass is 529 g/mol. The third-order valence-corrected chi connectivity index (χ3v) is 6.06. The molecule has 0 aliphatic carbocycles. The lowest BCUT2D eigenvalue weighted by molar-refractivity contribution is -0.145. The van der Waals surface area contributed by atoms with Crippen molar-refractivity contribution in [3.05, 3.63) is 39.3 Å². The van der Waals surface area contributed by atoms with E-state index in [1.54, 1.807) is 74.5 Å². The van der Waals surface area contributed by atoms with Crippen LogP contribution in [0.15, 0.2) is 17.5 Å². The molecule has 1 aromatic heterocycles. The zero-order chi connectivity index (χ0) is 28.3. The molecule has 0 bridgehead atoms. The minimum atomic E-state index is -0.804. The fraction of sp³-hybridized carbons (Fsp3) is 0.517. The van der Waals surface area contributed by atoms with Gasteiger partial charge < -0.3 is 14.2 Å². The average Bonchev–Trinajstić information content (AvgIpc) is 3.16. The standard InChI is InChI=1S/C29H39NO6S/c1-12-18-13-19(22(36-26(33)29(9,10)11)15-23-30-17(2)16-37-23)21(35-25(32)28(6,7)8)14-20(18)34-24(31)27(3,4)5/h13-16H,12H2,1-11H3/b22-15-. The number of hydrogen-bond acceptors (Lipinski definition) is 8. The highest BCUT2D eigenvalue weighted by molar-refractivity contribution is 7.10. The van der Waals surface area contributed by atoms with Gasteiger partial charge in [0.15, 0.2) is 0 Å². The van der Waals surface area contributed by atoms with Crippen LogP contribution >= 0.6 is 11.3 Å². The van der Waals surface area contributed by atoms with Crippen molar-refractivity contribution < 1.29 is 28.6 Å². The molecule has 0 aliphatic rings. The van der Waals surface area contributed by atoms with Crippen LogP contribution in [0.3, 0.4) is 0 Å². The lowest BCUT2D eigenvalue weighted by atomic mass is 9.96. The normalized spacial score (nSPS) is 12.8. The second-order valence-electron chi connectivity index (χ2n) is 12.1. The predicted octanol–water partition coefficient (Wildman–Crippen LogP) is 7.00. The average molecular weight is 530 g/mol. The second-order valence-corrected chi connectivity index (χ2v) is 13.0. The van der Waals surface area contributed by atoms with Crippen LogP contribution in [0.5, 0.6) is 11.5 Å². The van der Waals surface area contributed by atoms with Gasteiger partial charge in [-0.1, -0.05) is 6.92 Å². The van der Waals surface area contributed by atoms with Gasteiger partial charge in [0.1, 0.15) is 22.3 Å². The molecule has 2 rings (SSSR count). The van der Waals surface area contributed by atoms with Gasteiger partial charge in [-0.3, -0.25) is 14.4 Å². The Morgan fingerprint density at radius 3 is 1.78 bits per heavy atom. The fourth-order valence-corrected chi connectivity index (χ4v) is 3.44. The van der Waals surface area contributed by atoms with E-state index in [1.165, 1.54) is 17.4 Å². The van der Waals surface area contributed by atoms with E-state index < -0.39 is 34.2 Å². The number of carbonyl (C=O) groups excluding carboxylic acids is 3. The summed E-state index contributed by atoms with van der Waals surface area (Å²) in [6.45, 7) is 19.6. The highest BCUT2D eigenvalue weighted by Gasteiger charge is 2.31. The minimum Gasteiger partial charge on any atom is -0.426 e. The van der Waals surface area contributed by atoms with E-state index in [4.69, 9.17) is 14.2 Å². The molecule has 0 atom stereocenters. The zero-order valence-electron chi connectivity index (χ0n) is 23.8. The molecule has 0 aliphatic heterocycles. The zero-order valence-corrected chi connectivity index (χ0v) is 24.6. The van der Waals surface area contributed by atoms with E-state index in [-0.39, 0.29) is 17.3 Å². The van der Waals surface area contributed by atoms with Gasteiger partial charge in [0, 0.05) is 23.2 Å². The van der Waals surface area contributed by atoms with Crippen molar-refractivity contribution in [3.63, 3.8) is 0 Å². The topological polar surface area (TPSA) is 91.8 Å². The molecule has 37 heavy (non-hydrogen) atoms. The van der Waals surface area contributed by atoms with Crippen molar-refractivity contribution in [1.82, 2.24) is 4.98 Å². The van der Waals surface area contributed by atoms with Crippen LogP contribution in [0.4, 0.5) is 0 Å². The Balaban J connectivity index is 2.79. The molecule has 8 heteroatoms. The van der Waals surface area contributed by atoms with Crippen LogP contribution in [0.2, 0.25) is 0 Å². The predicted molar refractivity (Wildman–Crippen MR) is 146 cm³/mol. The number of rotatable bonds is 6. The summed E-state index contributed by atoms with van der Waals surface area (Å²) in [5.41, 5.74) is -0.415. The largest absolute Gasteiger partial charge is 0.426 e. The number of aryl methyl sites for hydroxylation is 2. The fourth-order valence-electron chi connectivity index (χ4n) is 2.73. The molecule has 0 saturated heterocycles. The maximum atomic E-state index is 13.0. The highest BCUT2D eigenvalue weighted by Crippen LogP contribution is 2.38. The molecule has 1 heterocycles. The smallest absolute Gasteiger partial charge is 0.316 e.